The minimum Gasteiger partial charge on any atom is -1.00 e. The number of carbonyl (C=O) groups is 2. The van der Waals surface area contributed by atoms with Crippen LogP contribution in [0.15, 0.2) is 0 Å². The van der Waals surface area contributed by atoms with Gasteiger partial charge in [-0.2, -0.15) is 0 Å². The van der Waals surface area contributed by atoms with Crippen molar-refractivity contribution in [2.75, 3.05) is 0 Å². The van der Waals surface area contributed by atoms with E-state index in [2.05, 4.69) is 0 Å². The van der Waals surface area contributed by atoms with Gasteiger partial charge in [0.1, 0.15) is 0 Å². The van der Waals surface area contributed by atoms with E-state index in [0.29, 0.717) is 21.6 Å². The second-order valence-electron chi connectivity index (χ2n) is 1.57. The molecule has 0 rings (SSSR count). The van der Waals surface area contributed by atoms with Gasteiger partial charge in [0.2, 0.25) is 10.9 Å². The van der Waals surface area contributed by atoms with Gasteiger partial charge < -0.3 is 21.9 Å². The summed E-state index contributed by atoms with van der Waals surface area (Å²) in [5.74, 6) is -2.96. The molecule has 0 fully saturated rings. The normalized spacial score (nSPS) is 14.0. The smallest absolute Gasteiger partial charge is 1.00 e. The van der Waals surface area contributed by atoms with Crippen LogP contribution in [-0.4, -0.2) is 43.2 Å². The molecule has 0 aliphatic heterocycles. The Bertz CT molecular complexity index is 173. The standard InChI is InChI=1S/C4H6O6S2.Na.H/c5-1(6)3(9)11-12-4(10)2(7)8;;/h3-4,9-10H,(H,5,6)(H,7,8);;/q;+1;-1. The number of carboxylic acids is 2. The summed E-state index contributed by atoms with van der Waals surface area (Å²) >= 11 is 0. The van der Waals surface area contributed by atoms with Crippen molar-refractivity contribution >= 4 is 33.5 Å². The Morgan fingerprint density at radius 3 is 1.38 bits per heavy atom. The molecule has 0 bridgehead atoms. The van der Waals surface area contributed by atoms with Gasteiger partial charge in [0.15, 0.2) is 0 Å². The molecule has 0 aromatic rings. The summed E-state index contributed by atoms with van der Waals surface area (Å²) in [5.41, 5.74) is -3.46. The van der Waals surface area contributed by atoms with Crippen LogP contribution in [0.3, 0.4) is 0 Å². The Labute approximate surface area is 105 Å². The second-order valence-corrected chi connectivity index (χ2v) is 4.01. The van der Waals surface area contributed by atoms with Gasteiger partial charge >= 0.3 is 41.5 Å². The molecule has 0 radical (unpaired) electrons. The first kappa shape index (κ1) is 16.0. The molecule has 2 unspecified atom stereocenters. The fourth-order valence-electron chi connectivity index (χ4n) is 0.188. The summed E-state index contributed by atoms with van der Waals surface area (Å²) in [6.45, 7) is 0. The first-order valence-corrected chi connectivity index (χ1v) is 4.86. The van der Waals surface area contributed by atoms with E-state index in [1.54, 1.807) is 0 Å². The fourth-order valence-corrected chi connectivity index (χ4v) is 1.69. The molecule has 9 heteroatoms. The van der Waals surface area contributed by atoms with E-state index < -0.39 is 22.8 Å². The maximum atomic E-state index is 9.97. The van der Waals surface area contributed by atoms with Crippen LogP contribution in [0.5, 0.6) is 0 Å². The Morgan fingerprint density at radius 1 is 1.00 bits per heavy atom. The summed E-state index contributed by atoms with van der Waals surface area (Å²) in [7, 11) is 0.726. The van der Waals surface area contributed by atoms with E-state index in [9.17, 15) is 9.59 Å². The second kappa shape index (κ2) is 7.92. The first-order chi connectivity index (χ1) is 5.45. The monoisotopic (exact) mass is 238 g/mol. The van der Waals surface area contributed by atoms with E-state index in [0.717, 1.165) is 0 Å². The van der Waals surface area contributed by atoms with Crippen molar-refractivity contribution in [3.8, 4) is 0 Å². The number of hydrogen-bond acceptors (Lipinski definition) is 6. The van der Waals surface area contributed by atoms with Crippen molar-refractivity contribution < 1.29 is 61.0 Å². The molecule has 0 aromatic carbocycles. The fraction of sp³-hybridized carbons (Fsp3) is 0.500. The third kappa shape index (κ3) is 7.62. The minimum absolute atomic E-state index is 0. The molecule has 0 spiro atoms. The predicted molar refractivity (Wildman–Crippen MR) is 43.6 cm³/mol. The number of carboxylic acid groups (broad SMARTS) is 2. The Morgan fingerprint density at radius 2 is 1.23 bits per heavy atom. The third-order valence-corrected chi connectivity index (χ3v) is 2.97. The van der Waals surface area contributed by atoms with Crippen LogP contribution < -0.4 is 29.6 Å². The molecule has 0 saturated carbocycles. The largest absolute Gasteiger partial charge is 1.00 e. The van der Waals surface area contributed by atoms with Gasteiger partial charge in [0.05, 0.1) is 0 Å². The van der Waals surface area contributed by atoms with Gasteiger partial charge in [-0.25, -0.2) is 9.59 Å². The van der Waals surface area contributed by atoms with Crippen molar-refractivity contribution in [3.05, 3.63) is 0 Å². The molecule has 0 heterocycles. The molecule has 4 N–H and O–H groups in total. The number of aliphatic hydroxyl groups is 2. The molecular formula is C4H7NaO6S2. The molecule has 72 valence electrons. The summed E-state index contributed by atoms with van der Waals surface area (Å²) in [6.07, 6.45) is 0. The van der Waals surface area contributed by atoms with Crippen LogP contribution in [0.25, 0.3) is 0 Å². The Kier molecular flexibility index (Phi) is 9.75. The number of rotatable bonds is 5. The van der Waals surface area contributed by atoms with Gasteiger partial charge in [-0.3, -0.25) is 0 Å². The topological polar surface area (TPSA) is 115 Å². The summed E-state index contributed by atoms with van der Waals surface area (Å²) in [4.78, 5) is 19.9. The van der Waals surface area contributed by atoms with Gasteiger partial charge in [0, 0.05) is 0 Å². The van der Waals surface area contributed by atoms with Crippen LogP contribution in [0, 0.1) is 0 Å². The zero-order valence-corrected chi connectivity index (χ0v) is 10.2. The quantitative estimate of drug-likeness (QED) is 0.220. The van der Waals surface area contributed by atoms with Gasteiger partial charge in [0.25, 0.3) is 0 Å². The van der Waals surface area contributed by atoms with Gasteiger partial charge in [-0.05, 0) is 21.6 Å². The van der Waals surface area contributed by atoms with Crippen LogP contribution >= 0.6 is 21.6 Å². The van der Waals surface area contributed by atoms with Crippen molar-refractivity contribution in [3.63, 3.8) is 0 Å². The minimum atomic E-state index is -1.73. The molecular weight excluding hydrogens is 231 g/mol. The Balaban J connectivity index is -0.000000605. The molecule has 0 saturated heterocycles. The van der Waals surface area contributed by atoms with Crippen LogP contribution in [0.1, 0.15) is 1.43 Å². The van der Waals surface area contributed by atoms with Crippen molar-refractivity contribution in [1.82, 2.24) is 0 Å². The average molecular weight is 238 g/mol. The maximum absolute atomic E-state index is 9.97. The van der Waals surface area contributed by atoms with Crippen LogP contribution in [-0.2, 0) is 9.59 Å². The SMILES string of the molecule is O=C(O)C(O)SSC(O)C(=O)O.[H-].[Na+]. The number of aliphatic carboxylic acids is 2. The van der Waals surface area contributed by atoms with Crippen LogP contribution in [0.2, 0.25) is 0 Å². The van der Waals surface area contributed by atoms with E-state index in [1.807, 2.05) is 0 Å². The van der Waals surface area contributed by atoms with E-state index in [1.165, 1.54) is 0 Å². The van der Waals surface area contributed by atoms with E-state index >= 15 is 0 Å². The van der Waals surface area contributed by atoms with Crippen molar-refractivity contribution in [1.29, 1.82) is 0 Å². The predicted octanol–water partition coefficient (Wildman–Crippen LogP) is -3.71. The van der Waals surface area contributed by atoms with Gasteiger partial charge in [-0.15, -0.1) is 0 Å². The molecule has 0 aliphatic carbocycles. The summed E-state index contributed by atoms with van der Waals surface area (Å²) in [6, 6.07) is 0. The van der Waals surface area contributed by atoms with Crippen molar-refractivity contribution in [2.45, 2.75) is 10.9 Å². The van der Waals surface area contributed by atoms with Crippen LogP contribution in [0.4, 0.5) is 0 Å². The summed E-state index contributed by atoms with van der Waals surface area (Å²) in [5, 5.41) is 33.4. The first-order valence-electron chi connectivity index (χ1n) is 2.59. The molecule has 0 aromatic heterocycles. The zero-order chi connectivity index (χ0) is 9.72. The third-order valence-electron chi connectivity index (χ3n) is 0.660. The maximum Gasteiger partial charge on any atom is 1.00 e. The molecule has 13 heavy (non-hydrogen) atoms. The molecule has 0 amide bonds. The van der Waals surface area contributed by atoms with E-state index in [-0.39, 0.29) is 31.0 Å². The summed E-state index contributed by atoms with van der Waals surface area (Å²) < 4.78 is 0. The zero-order valence-electron chi connectivity index (χ0n) is 7.58. The number of hydrogen-bond donors (Lipinski definition) is 4. The Hall–Kier alpha value is 0.560. The number of aliphatic hydroxyl groups excluding tert-OH is 2. The van der Waals surface area contributed by atoms with E-state index in [4.69, 9.17) is 20.4 Å². The average Bonchev–Trinajstić information content (AvgIpc) is 1.98. The molecule has 6 nitrogen and oxygen atoms in total. The van der Waals surface area contributed by atoms with Crippen molar-refractivity contribution in [2.24, 2.45) is 0 Å². The molecule has 0 aliphatic rings. The molecule has 2 atom stereocenters. The van der Waals surface area contributed by atoms with Gasteiger partial charge in [-0.1, -0.05) is 0 Å².